The van der Waals surface area contributed by atoms with E-state index in [2.05, 4.69) is 12.2 Å². The van der Waals surface area contributed by atoms with Crippen LogP contribution in [0.25, 0.3) is 0 Å². The van der Waals surface area contributed by atoms with Gasteiger partial charge in [-0.05, 0) is 25.7 Å². The SMILES string of the molecule is CC(=CC(=O)O)CNC1(CO)CCCC(C)C1. The number of aliphatic hydroxyl groups is 1. The van der Waals surface area contributed by atoms with Gasteiger partial charge < -0.3 is 15.5 Å². The van der Waals surface area contributed by atoms with Crippen LogP contribution >= 0.6 is 0 Å². The Hall–Kier alpha value is -0.870. The van der Waals surface area contributed by atoms with Crippen molar-refractivity contribution >= 4 is 5.97 Å². The van der Waals surface area contributed by atoms with Crippen molar-refractivity contribution in [2.45, 2.75) is 45.1 Å². The van der Waals surface area contributed by atoms with E-state index in [9.17, 15) is 9.90 Å². The van der Waals surface area contributed by atoms with E-state index in [1.807, 2.05) is 0 Å². The van der Waals surface area contributed by atoms with Crippen LogP contribution in [-0.2, 0) is 4.79 Å². The number of hydrogen-bond acceptors (Lipinski definition) is 3. The van der Waals surface area contributed by atoms with Crippen LogP contribution in [0.4, 0.5) is 0 Å². The van der Waals surface area contributed by atoms with Crippen molar-refractivity contribution < 1.29 is 15.0 Å². The summed E-state index contributed by atoms with van der Waals surface area (Å²) in [6.45, 7) is 4.64. The standard InChI is InChI=1S/C13H23NO3/c1-10-4-3-5-13(7-10,9-15)14-8-11(2)6-12(16)17/h6,10,14-15H,3-5,7-9H2,1-2H3,(H,16,17). The second-order valence-electron chi connectivity index (χ2n) is 5.32. The molecule has 98 valence electrons. The van der Waals surface area contributed by atoms with Gasteiger partial charge in [0.1, 0.15) is 0 Å². The van der Waals surface area contributed by atoms with Crippen molar-refractivity contribution in [1.29, 1.82) is 0 Å². The van der Waals surface area contributed by atoms with Gasteiger partial charge in [-0.25, -0.2) is 4.79 Å². The molecule has 0 heterocycles. The van der Waals surface area contributed by atoms with Crippen molar-refractivity contribution in [3.8, 4) is 0 Å². The molecule has 4 heteroatoms. The Kier molecular flexibility index (Phi) is 5.15. The summed E-state index contributed by atoms with van der Waals surface area (Å²) >= 11 is 0. The largest absolute Gasteiger partial charge is 0.478 e. The normalized spacial score (nSPS) is 30.3. The molecule has 0 radical (unpaired) electrons. The maximum Gasteiger partial charge on any atom is 0.328 e. The Morgan fingerprint density at radius 2 is 2.29 bits per heavy atom. The zero-order chi connectivity index (χ0) is 12.9. The van der Waals surface area contributed by atoms with Crippen molar-refractivity contribution in [3.63, 3.8) is 0 Å². The van der Waals surface area contributed by atoms with Gasteiger partial charge in [-0.1, -0.05) is 25.3 Å². The predicted molar refractivity (Wildman–Crippen MR) is 66.8 cm³/mol. The predicted octanol–water partition coefficient (Wildman–Crippen LogP) is 1.55. The van der Waals surface area contributed by atoms with E-state index in [4.69, 9.17) is 5.11 Å². The van der Waals surface area contributed by atoms with Crippen LogP contribution in [-0.4, -0.2) is 34.9 Å². The third-order valence-electron chi connectivity index (χ3n) is 3.51. The zero-order valence-corrected chi connectivity index (χ0v) is 10.7. The smallest absolute Gasteiger partial charge is 0.328 e. The quantitative estimate of drug-likeness (QED) is 0.639. The fourth-order valence-corrected chi connectivity index (χ4v) is 2.61. The summed E-state index contributed by atoms with van der Waals surface area (Å²) in [4.78, 5) is 10.5. The Morgan fingerprint density at radius 3 is 2.82 bits per heavy atom. The van der Waals surface area contributed by atoms with Crippen LogP contribution in [0.2, 0.25) is 0 Å². The maximum absolute atomic E-state index is 10.5. The third-order valence-corrected chi connectivity index (χ3v) is 3.51. The van der Waals surface area contributed by atoms with Crippen LogP contribution in [0.1, 0.15) is 39.5 Å². The second-order valence-corrected chi connectivity index (χ2v) is 5.32. The Bertz CT molecular complexity index is 301. The molecule has 2 unspecified atom stereocenters. The number of carboxylic acid groups (broad SMARTS) is 1. The Morgan fingerprint density at radius 1 is 1.59 bits per heavy atom. The fourth-order valence-electron chi connectivity index (χ4n) is 2.61. The molecule has 0 spiro atoms. The van der Waals surface area contributed by atoms with Gasteiger partial charge in [0.05, 0.1) is 6.61 Å². The van der Waals surface area contributed by atoms with Crippen LogP contribution in [0.3, 0.4) is 0 Å². The highest BCUT2D eigenvalue weighted by Crippen LogP contribution is 2.31. The van der Waals surface area contributed by atoms with Gasteiger partial charge in [-0.2, -0.15) is 0 Å². The number of hydrogen-bond donors (Lipinski definition) is 3. The molecule has 17 heavy (non-hydrogen) atoms. The summed E-state index contributed by atoms with van der Waals surface area (Å²) in [6, 6.07) is 0. The Balaban J connectivity index is 2.54. The lowest BCUT2D eigenvalue weighted by Gasteiger charge is -2.39. The number of rotatable bonds is 5. The van der Waals surface area contributed by atoms with Gasteiger partial charge >= 0.3 is 5.97 Å². The van der Waals surface area contributed by atoms with Gasteiger partial charge in [-0.3, -0.25) is 0 Å². The molecule has 0 aromatic rings. The summed E-state index contributed by atoms with van der Waals surface area (Å²) in [6.07, 6.45) is 5.48. The number of nitrogens with one attached hydrogen (secondary N) is 1. The molecule has 3 N–H and O–H groups in total. The minimum atomic E-state index is -0.917. The molecule has 1 aliphatic rings. The van der Waals surface area contributed by atoms with Gasteiger partial charge in [0.25, 0.3) is 0 Å². The molecule has 0 bridgehead atoms. The lowest BCUT2D eigenvalue weighted by atomic mass is 9.77. The first kappa shape index (κ1) is 14.2. The van der Waals surface area contributed by atoms with E-state index in [0.29, 0.717) is 12.5 Å². The summed E-state index contributed by atoms with van der Waals surface area (Å²) in [7, 11) is 0. The first-order chi connectivity index (χ1) is 7.97. The molecule has 2 atom stereocenters. The van der Waals surface area contributed by atoms with Crippen LogP contribution < -0.4 is 5.32 Å². The molecular formula is C13H23NO3. The van der Waals surface area contributed by atoms with Gasteiger partial charge in [0, 0.05) is 18.2 Å². The molecule has 1 aliphatic carbocycles. The first-order valence-corrected chi connectivity index (χ1v) is 6.23. The van der Waals surface area contributed by atoms with Crippen LogP contribution in [0.15, 0.2) is 11.6 Å². The minimum Gasteiger partial charge on any atom is -0.478 e. The molecule has 1 fully saturated rings. The third kappa shape index (κ3) is 4.48. The Labute approximate surface area is 103 Å². The molecule has 0 aromatic carbocycles. The summed E-state index contributed by atoms with van der Waals surface area (Å²) < 4.78 is 0. The first-order valence-electron chi connectivity index (χ1n) is 6.23. The van der Waals surface area contributed by atoms with E-state index in [1.165, 1.54) is 12.5 Å². The van der Waals surface area contributed by atoms with E-state index < -0.39 is 5.97 Å². The monoisotopic (exact) mass is 241 g/mol. The van der Waals surface area contributed by atoms with E-state index in [1.54, 1.807) is 6.92 Å². The molecule has 0 aromatic heterocycles. The van der Waals surface area contributed by atoms with Crippen molar-refractivity contribution in [2.24, 2.45) is 5.92 Å². The van der Waals surface area contributed by atoms with Crippen LogP contribution in [0, 0.1) is 5.92 Å². The van der Waals surface area contributed by atoms with Gasteiger partial charge in [0.15, 0.2) is 0 Å². The van der Waals surface area contributed by atoms with Crippen molar-refractivity contribution in [1.82, 2.24) is 5.32 Å². The van der Waals surface area contributed by atoms with Gasteiger partial charge in [-0.15, -0.1) is 0 Å². The highest BCUT2D eigenvalue weighted by molar-refractivity contribution is 5.80. The molecule has 1 rings (SSSR count). The highest BCUT2D eigenvalue weighted by atomic mass is 16.4. The molecular weight excluding hydrogens is 218 g/mol. The number of carboxylic acids is 1. The summed E-state index contributed by atoms with van der Waals surface area (Å²) in [5.41, 5.74) is 0.564. The lowest BCUT2D eigenvalue weighted by Crippen LogP contribution is -2.51. The summed E-state index contributed by atoms with van der Waals surface area (Å²) in [5, 5.41) is 21.5. The minimum absolute atomic E-state index is 0.123. The molecule has 0 saturated heterocycles. The van der Waals surface area contributed by atoms with Crippen LogP contribution in [0.5, 0.6) is 0 Å². The topological polar surface area (TPSA) is 69.6 Å². The summed E-state index contributed by atoms with van der Waals surface area (Å²) in [5.74, 6) is -0.300. The van der Waals surface area contributed by atoms with E-state index >= 15 is 0 Å². The molecule has 0 amide bonds. The fraction of sp³-hybridized carbons (Fsp3) is 0.769. The molecule has 1 saturated carbocycles. The number of aliphatic hydroxyl groups excluding tert-OH is 1. The maximum atomic E-state index is 10.5. The van der Waals surface area contributed by atoms with Crippen molar-refractivity contribution in [2.75, 3.05) is 13.2 Å². The highest BCUT2D eigenvalue weighted by Gasteiger charge is 2.33. The zero-order valence-electron chi connectivity index (χ0n) is 10.7. The lowest BCUT2D eigenvalue weighted by molar-refractivity contribution is -0.131. The van der Waals surface area contributed by atoms with Crippen molar-refractivity contribution in [3.05, 3.63) is 11.6 Å². The average molecular weight is 241 g/mol. The van der Waals surface area contributed by atoms with E-state index in [-0.39, 0.29) is 12.1 Å². The van der Waals surface area contributed by atoms with Gasteiger partial charge in [0.2, 0.25) is 0 Å². The average Bonchev–Trinajstić information content (AvgIpc) is 2.26. The second kappa shape index (κ2) is 6.17. The molecule has 0 aliphatic heterocycles. The molecule has 4 nitrogen and oxygen atoms in total. The number of carbonyl (C=O) groups is 1. The number of aliphatic carboxylic acids is 1. The van der Waals surface area contributed by atoms with E-state index in [0.717, 1.165) is 24.8 Å².